The highest BCUT2D eigenvalue weighted by atomic mass is 16.2. The van der Waals surface area contributed by atoms with Crippen molar-refractivity contribution in [3.05, 3.63) is 65.4 Å². The van der Waals surface area contributed by atoms with Gasteiger partial charge in [0, 0.05) is 28.2 Å². The number of carbonyl (C=O) groups excluding carboxylic acids is 1. The summed E-state index contributed by atoms with van der Waals surface area (Å²) in [5, 5.41) is 7.83. The minimum atomic E-state index is -0.817. The van der Waals surface area contributed by atoms with Crippen LogP contribution in [0.3, 0.4) is 0 Å². The number of hydrogen-bond acceptors (Lipinski definition) is 2. The molecule has 1 amide bonds. The lowest BCUT2D eigenvalue weighted by Crippen LogP contribution is -2.56. The first-order chi connectivity index (χ1) is 11.2. The van der Waals surface area contributed by atoms with E-state index in [4.69, 9.17) is 0 Å². The number of H-pyrrole nitrogens is 1. The minimum Gasteiger partial charge on any atom is -0.356 e. The molecule has 2 aliphatic rings. The van der Waals surface area contributed by atoms with Crippen LogP contribution in [0, 0.1) is 0 Å². The maximum absolute atomic E-state index is 13.0. The van der Waals surface area contributed by atoms with Crippen LogP contribution in [0.15, 0.2) is 48.5 Å². The standard InChI is InChI=1S/C19H17N3O/c1-11-10-13-12-6-2-4-8-15(12)20-17(13)19(22-11)14-7-3-5-9-16(14)21-18(19)23/h2-9,11,20,22H,10H2,1H3,(H,21,23)/t11-,19-/m0/s1. The van der Waals surface area contributed by atoms with E-state index in [0.29, 0.717) is 0 Å². The smallest absolute Gasteiger partial charge is 0.255 e. The van der Waals surface area contributed by atoms with Gasteiger partial charge >= 0.3 is 0 Å². The Hall–Kier alpha value is -2.59. The van der Waals surface area contributed by atoms with Gasteiger partial charge in [0.1, 0.15) is 0 Å². The molecule has 0 unspecified atom stereocenters. The molecule has 0 bridgehead atoms. The van der Waals surface area contributed by atoms with Crippen LogP contribution in [-0.2, 0) is 16.8 Å². The van der Waals surface area contributed by atoms with Gasteiger partial charge in [-0.25, -0.2) is 0 Å². The van der Waals surface area contributed by atoms with Crippen LogP contribution in [0.5, 0.6) is 0 Å². The monoisotopic (exact) mass is 303 g/mol. The van der Waals surface area contributed by atoms with E-state index in [1.54, 1.807) is 0 Å². The molecule has 23 heavy (non-hydrogen) atoms. The van der Waals surface area contributed by atoms with Crippen molar-refractivity contribution in [2.75, 3.05) is 5.32 Å². The Morgan fingerprint density at radius 2 is 1.87 bits per heavy atom. The maximum Gasteiger partial charge on any atom is 0.255 e. The quantitative estimate of drug-likeness (QED) is 0.598. The van der Waals surface area contributed by atoms with Crippen LogP contribution in [-0.4, -0.2) is 16.9 Å². The van der Waals surface area contributed by atoms with Gasteiger partial charge in [0.15, 0.2) is 5.54 Å². The zero-order valence-electron chi connectivity index (χ0n) is 12.8. The van der Waals surface area contributed by atoms with E-state index in [2.05, 4.69) is 40.7 Å². The van der Waals surface area contributed by atoms with E-state index in [1.165, 1.54) is 10.9 Å². The van der Waals surface area contributed by atoms with Crippen molar-refractivity contribution in [3.63, 3.8) is 0 Å². The fourth-order valence-electron chi connectivity index (χ4n) is 4.18. The molecule has 2 atom stereocenters. The minimum absolute atomic E-state index is 0.00180. The molecule has 3 heterocycles. The summed E-state index contributed by atoms with van der Waals surface area (Å²) in [6, 6.07) is 16.5. The summed E-state index contributed by atoms with van der Waals surface area (Å²) < 4.78 is 0. The molecule has 4 heteroatoms. The molecule has 2 aliphatic heterocycles. The molecule has 0 saturated carbocycles. The molecule has 0 fully saturated rings. The van der Waals surface area contributed by atoms with Crippen LogP contribution < -0.4 is 10.6 Å². The van der Waals surface area contributed by atoms with Crippen molar-refractivity contribution in [1.82, 2.24) is 10.3 Å². The zero-order valence-corrected chi connectivity index (χ0v) is 12.8. The number of amides is 1. The number of rotatable bonds is 0. The molecule has 3 N–H and O–H groups in total. The molecular formula is C19H17N3O. The summed E-state index contributed by atoms with van der Waals surface area (Å²) in [5.41, 5.74) is 4.40. The van der Waals surface area contributed by atoms with Gasteiger partial charge in [-0.1, -0.05) is 36.4 Å². The van der Waals surface area contributed by atoms with Crippen LogP contribution in [0.1, 0.15) is 23.7 Å². The zero-order chi connectivity index (χ0) is 15.6. The fraction of sp³-hybridized carbons (Fsp3) is 0.211. The summed E-state index contributed by atoms with van der Waals surface area (Å²) >= 11 is 0. The van der Waals surface area contributed by atoms with E-state index in [1.807, 2.05) is 30.3 Å². The third-order valence-corrected chi connectivity index (χ3v) is 5.08. The number of fused-ring (bicyclic) bond motifs is 6. The molecule has 1 spiro atoms. The molecule has 0 aliphatic carbocycles. The number of benzene rings is 2. The Labute approximate surface area is 133 Å². The highest BCUT2D eigenvalue weighted by Gasteiger charge is 2.53. The first-order valence-electron chi connectivity index (χ1n) is 7.99. The number of para-hydroxylation sites is 2. The number of anilines is 1. The third-order valence-electron chi connectivity index (χ3n) is 5.08. The summed E-state index contributed by atoms with van der Waals surface area (Å²) in [7, 11) is 0. The molecule has 114 valence electrons. The van der Waals surface area contributed by atoms with Crippen LogP contribution >= 0.6 is 0 Å². The maximum atomic E-state index is 13.0. The average Bonchev–Trinajstić information content (AvgIpc) is 3.05. The highest BCUT2D eigenvalue weighted by Crippen LogP contribution is 2.45. The van der Waals surface area contributed by atoms with E-state index in [9.17, 15) is 4.79 Å². The molecular weight excluding hydrogens is 286 g/mol. The van der Waals surface area contributed by atoms with Gasteiger partial charge in [0.05, 0.1) is 5.69 Å². The molecule has 3 aromatic rings. The number of aromatic amines is 1. The molecule has 0 radical (unpaired) electrons. The van der Waals surface area contributed by atoms with E-state index in [0.717, 1.165) is 28.9 Å². The van der Waals surface area contributed by atoms with E-state index >= 15 is 0 Å². The fourth-order valence-corrected chi connectivity index (χ4v) is 4.18. The normalized spacial score (nSPS) is 25.4. The number of nitrogens with one attached hydrogen (secondary N) is 3. The van der Waals surface area contributed by atoms with Crippen molar-refractivity contribution >= 4 is 22.5 Å². The Morgan fingerprint density at radius 1 is 1.09 bits per heavy atom. The molecule has 5 rings (SSSR count). The Balaban J connectivity index is 1.88. The topological polar surface area (TPSA) is 56.9 Å². The van der Waals surface area contributed by atoms with Crippen molar-refractivity contribution in [1.29, 1.82) is 0 Å². The van der Waals surface area contributed by atoms with Crippen LogP contribution in [0.4, 0.5) is 5.69 Å². The second-order valence-electron chi connectivity index (χ2n) is 6.52. The Morgan fingerprint density at radius 3 is 2.78 bits per heavy atom. The number of carbonyl (C=O) groups is 1. The van der Waals surface area contributed by atoms with Gasteiger partial charge in [-0.3, -0.25) is 10.1 Å². The van der Waals surface area contributed by atoms with Gasteiger partial charge in [-0.2, -0.15) is 0 Å². The highest BCUT2D eigenvalue weighted by molar-refractivity contribution is 6.09. The molecule has 4 nitrogen and oxygen atoms in total. The van der Waals surface area contributed by atoms with Crippen molar-refractivity contribution in [2.45, 2.75) is 24.9 Å². The molecule has 2 aromatic carbocycles. The van der Waals surface area contributed by atoms with Gasteiger partial charge in [0.25, 0.3) is 5.91 Å². The van der Waals surface area contributed by atoms with Gasteiger partial charge in [0.2, 0.25) is 0 Å². The lowest BCUT2D eigenvalue weighted by Gasteiger charge is -2.37. The lowest BCUT2D eigenvalue weighted by molar-refractivity contribution is -0.121. The Kier molecular flexibility index (Phi) is 2.38. The summed E-state index contributed by atoms with van der Waals surface area (Å²) in [6.45, 7) is 2.14. The predicted octanol–water partition coefficient (Wildman–Crippen LogP) is 2.90. The predicted molar refractivity (Wildman–Crippen MR) is 90.5 cm³/mol. The lowest BCUT2D eigenvalue weighted by atomic mass is 9.80. The van der Waals surface area contributed by atoms with Crippen molar-refractivity contribution in [3.8, 4) is 0 Å². The first-order valence-corrected chi connectivity index (χ1v) is 7.99. The van der Waals surface area contributed by atoms with Gasteiger partial charge in [-0.05, 0) is 31.0 Å². The average molecular weight is 303 g/mol. The SMILES string of the molecule is C[C@H]1Cc2c([nH]c3ccccc23)[C@]2(N1)C(=O)Nc1ccccc12. The van der Waals surface area contributed by atoms with Crippen LogP contribution in [0.25, 0.3) is 10.9 Å². The number of aromatic nitrogens is 1. The molecule has 1 aromatic heterocycles. The van der Waals surface area contributed by atoms with Gasteiger partial charge < -0.3 is 10.3 Å². The summed E-state index contributed by atoms with van der Waals surface area (Å²) in [5.74, 6) is -0.00180. The van der Waals surface area contributed by atoms with Gasteiger partial charge in [-0.15, -0.1) is 0 Å². The second kappa shape index (κ2) is 4.24. The summed E-state index contributed by atoms with van der Waals surface area (Å²) in [6.07, 6.45) is 0.913. The van der Waals surface area contributed by atoms with Crippen LogP contribution in [0.2, 0.25) is 0 Å². The Bertz CT molecular complexity index is 958. The van der Waals surface area contributed by atoms with E-state index in [-0.39, 0.29) is 11.9 Å². The first kappa shape index (κ1) is 12.9. The summed E-state index contributed by atoms with van der Waals surface area (Å²) in [4.78, 5) is 16.5. The number of hydrogen-bond donors (Lipinski definition) is 3. The van der Waals surface area contributed by atoms with Crippen molar-refractivity contribution in [2.24, 2.45) is 0 Å². The van der Waals surface area contributed by atoms with Crippen molar-refractivity contribution < 1.29 is 4.79 Å². The van der Waals surface area contributed by atoms with E-state index < -0.39 is 5.54 Å². The largest absolute Gasteiger partial charge is 0.356 e. The second-order valence-corrected chi connectivity index (χ2v) is 6.52. The molecule has 0 saturated heterocycles. The third kappa shape index (κ3) is 1.51.